The van der Waals surface area contributed by atoms with Crippen LogP contribution in [-0.2, 0) is 0 Å². The van der Waals surface area contributed by atoms with Gasteiger partial charge in [-0.1, -0.05) is 11.2 Å². The second kappa shape index (κ2) is 5.02. The molecule has 0 saturated carbocycles. The Bertz CT molecular complexity index is 508. The zero-order valence-corrected chi connectivity index (χ0v) is 10.1. The van der Waals surface area contributed by atoms with E-state index in [4.69, 9.17) is 4.52 Å². The molecule has 1 aliphatic rings. The summed E-state index contributed by atoms with van der Waals surface area (Å²) in [6.45, 7) is 1.93. The number of fused-ring (bicyclic) bond motifs is 1. The van der Waals surface area contributed by atoms with Gasteiger partial charge in [0.1, 0.15) is 5.82 Å². The fraction of sp³-hybridized carbons (Fsp3) is 0.417. The van der Waals surface area contributed by atoms with Crippen LogP contribution < -0.4 is 5.32 Å². The number of aromatic nitrogens is 1. The summed E-state index contributed by atoms with van der Waals surface area (Å²) in [5, 5.41) is 7.89. The number of rotatable bonds is 1. The van der Waals surface area contributed by atoms with Gasteiger partial charge in [0.15, 0.2) is 5.58 Å². The van der Waals surface area contributed by atoms with Gasteiger partial charge >= 0.3 is 0 Å². The third-order valence-electron chi connectivity index (χ3n) is 3.20. The molecule has 0 atom stereocenters. The summed E-state index contributed by atoms with van der Waals surface area (Å²) in [7, 11) is 0. The fourth-order valence-corrected chi connectivity index (χ4v) is 2.35. The normalized spacial score (nSPS) is 17.0. The van der Waals surface area contributed by atoms with Crippen molar-refractivity contribution in [2.24, 2.45) is 0 Å². The Hall–Kier alpha value is -1.13. The number of benzene rings is 1. The number of nitrogens with one attached hydrogen (secondary N) is 1. The van der Waals surface area contributed by atoms with Crippen LogP contribution in [-0.4, -0.2) is 18.2 Å². The molecule has 3 rings (SSSR count). The smallest absolute Gasteiger partial charge is 0.170 e. The summed E-state index contributed by atoms with van der Waals surface area (Å²) in [4.78, 5) is 0. The Morgan fingerprint density at radius 2 is 2.06 bits per heavy atom. The van der Waals surface area contributed by atoms with E-state index in [2.05, 4.69) is 10.5 Å². The van der Waals surface area contributed by atoms with Crippen molar-refractivity contribution in [3.8, 4) is 0 Å². The van der Waals surface area contributed by atoms with Gasteiger partial charge in [-0.15, -0.1) is 12.4 Å². The maximum Gasteiger partial charge on any atom is 0.170 e. The first-order valence-electron chi connectivity index (χ1n) is 5.61. The van der Waals surface area contributed by atoms with E-state index < -0.39 is 0 Å². The molecule has 0 radical (unpaired) electrons. The summed E-state index contributed by atoms with van der Waals surface area (Å²) in [5.41, 5.74) is 1.34. The number of nitrogens with zero attached hydrogens (tertiary/aromatic N) is 1. The van der Waals surface area contributed by atoms with E-state index in [-0.39, 0.29) is 18.2 Å². The maximum atomic E-state index is 13.7. The Morgan fingerprint density at radius 3 is 2.82 bits per heavy atom. The lowest BCUT2D eigenvalue weighted by molar-refractivity contribution is 0.404. The Balaban J connectivity index is 0.00000108. The van der Waals surface area contributed by atoms with Crippen molar-refractivity contribution in [2.75, 3.05) is 13.1 Å². The van der Waals surface area contributed by atoms with E-state index in [1.165, 1.54) is 6.07 Å². The molecule has 1 aromatic carbocycles. The molecule has 0 amide bonds. The van der Waals surface area contributed by atoms with Crippen molar-refractivity contribution >= 4 is 23.4 Å². The second-order valence-electron chi connectivity index (χ2n) is 4.21. The third kappa shape index (κ3) is 2.15. The first-order valence-corrected chi connectivity index (χ1v) is 5.61. The standard InChI is InChI=1S/C12H13FN2O.ClH/c13-9-2-1-3-10-11(9)12(15-16-10)8-4-6-14-7-5-8;/h1-3,8,14H,4-7H2;1H. The topological polar surface area (TPSA) is 38.1 Å². The van der Waals surface area contributed by atoms with Crippen molar-refractivity contribution in [3.63, 3.8) is 0 Å². The van der Waals surface area contributed by atoms with Crippen LogP contribution in [0.2, 0.25) is 0 Å². The van der Waals surface area contributed by atoms with Crippen LogP contribution in [0.4, 0.5) is 4.39 Å². The molecular weight excluding hydrogens is 243 g/mol. The molecule has 2 aromatic rings. The van der Waals surface area contributed by atoms with Gasteiger partial charge in [-0.25, -0.2) is 4.39 Å². The molecule has 0 aliphatic carbocycles. The van der Waals surface area contributed by atoms with Gasteiger partial charge in [0.2, 0.25) is 0 Å². The summed E-state index contributed by atoms with van der Waals surface area (Å²) in [5.74, 6) is 0.0895. The second-order valence-corrected chi connectivity index (χ2v) is 4.21. The van der Waals surface area contributed by atoms with Gasteiger partial charge in [0.05, 0.1) is 11.1 Å². The first-order chi connectivity index (χ1) is 7.86. The summed E-state index contributed by atoms with van der Waals surface area (Å²) >= 11 is 0. The van der Waals surface area contributed by atoms with Crippen molar-refractivity contribution in [3.05, 3.63) is 29.7 Å². The van der Waals surface area contributed by atoms with Crippen molar-refractivity contribution in [1.29, 1.82) is 0 Å². The van der Waals surface area contributed by atoms with Gasteiger partial charge in [0.25, 0.3) is 0 Å². The Morgan fingerprint density at radius 1 is 1.29 bits per heavy atom. The molecule has 0 bridgehead atoms. The van der Waals surface area contributed by atoms with E-state index in [1.807, 2.05) is 0 Å². The molecule has 5 heteroatoms. The van der Waals surface area contributed by atoms with Gasteiger partial charge in [-0.05, 0) is 38.1 Å². The molecule has 3 nitrogen and oxygen atoms in total. The lowest BCUT2D eigenvalue weighted by Crippen LogP contribution is -2.26. The predicted molar refractivity (Wildman–Crippen MR) is 66.1 cm³/mol. The molecule has 1 fully saturated rings. The zero-order chi connectivity index (χ0) is 11.0. The number of halogens is 2. The number of hydrogen-bond donors (Lipinski definition) is 1. The quantitative estimate of drug-likeness (QED) is 0.853. The highest BCUT2D eigenvalue weighted by Gasteiger charge is 2.23. The van der Waals surface area contributed by atoms with Crippen molar-refractivity contribution in [2.45, 2.75) is 18.8 Å². The van der Waals surface area contributed by atoms with Crippen molar-refractivity contribution < 1.29 is 8.91 Å². The van der Waals surface area contributed by atoms with E-state index in [0.29, 0.717) is 16.9 Å². The highest BCUT2D eigenvalue weighted by atomic mass is 35.5. The zero-order valence-electron chi connectivity index (χ0n) is 9.28. The molecule has 2 heterocycles. The molecule has 1 aromatic heterocycles. The minimum Gasteiger partial charge on any atom is -0.356 e. The van der Waals surface area contributed by atoms with Crippen LogP contribution in [0.15, 0.2) is 22.7 Å². The summed E-state index contributed by atoms with van der Waals surface area (Å²) < 4.78 is 18.9. The van der Waals surface area contributed by atoms with E-state index in [0.717, 1.165) is 31.6 Å². The molecule has 0 unspecified atom stereocenters. The van der Waals surface area contributed by atoms with Crippen LogP contribution >= 0.6 is 12.4 Å². The van der Waals surface area contributed by atoms with Crippen LogP contribution in [0.1, 0.15) is 24.5 Å². The summed E-state index contributed by atoms with van der Waals surface area (Å²) in [6, 6.07) is 4.87. The largest absolute Gasteiger partial charge is 0.356 e. The summed E-state index contributed by atoms with van der Waals surface area (Å²) in [6.07, 6.45) is 1.99. The molecule has 1 aliphatic heterocycles. The third-order valence-corrected chi connectivity index (χ3v) is 3.20. The molecule has 92 valence electrons. The molecule has 17 heavy (non-hydrogen) atoms. The number of piperidine rings is 1. The fourth-order valence-electron chi connectivity index (χ4n) is 2.35. The van der Waals surface area contributed by atoms with Crippen LogP contribution in [0.3, 0.4) is 0 Å². The minimum absolute atomic E-state index is 0. The lowest BCUT2D eigenvalue weighted by Gasteiger charge is -2.20. The molecule has 1 saturated heterocycles. The van der Waals surface area contributed by atoms with Gasteiger partial charge in [-0.2, -0.15) is 0 Å². The van der Waals surface area contributed by atoms with Crippen molar-refractivity contribution in [1.82, 2.24) is 10.5 Å². The van der Waals surface area contributed by atoms with E-state index in [1.54, 1.807) is 12.1 Å². The van der Waals surface area contributed by atoms with Gasteiger partial charge in [0, 0.05) is 5.92 Å². The highest BCUT2D eigenvalue weighted by molar-refractivity contribution is 5.85. The van der Waals surface area contributed by atoms with E-state index in [9.17, 15) is 4.39 Å². The van der Waals surface area contributed by atoms with Gasteiger partial charge < -0.3 is 9.84 Å². The highest BCUT2D eigenvalue weighted by Crippen LogP contribution is 2.31. The Kier molecular flexibility index (Phi) is 3.64. The Labute approximate surface area is 105 Å². The first kappa shape index (κ1) is 12.3. The van der Waals surface area contributed by atoms with Crippen LogP contribution in [0, 0.1) is 5.82 Å². The number of hydrogen-bond acceptors (Lipinski definition) is 3. The average molecular weight is 257 g/mol. The van der Waals surface area contributed by atoms with Gasteiger partial charge in [-0.3, -0.25) is 0 Å². The van der Waals surface area contributed by atoms with Crippen LogP contribution in [0.25, 0.3) is 11.0 Å². The monoisotopic (exact) mass is 256 g/mol. The van der Waals surface area contributed by atoms with E-state index >= 15 is 0 Å². The average Bonchev–Trinajstić information content (AvgIpc) is 2.75. The maximum absolute atomic E-state index is 13.7. The SMILES string of the molecule is Cl.Fc1cccc2onc(C3CCNCC3)c12. The molecule has 1 N–H and O–H groups in total. The minimum atomic E-state index is -0.229. The predicted octanol–water partition coefficient (Wildman–Crippen LogP) is 2.86. The molecular formula is C12H14ClFN2O. The lowest BCUT2D eigenvalue weighted by atomic mass is 9.92. The molecule has 0 spiro atoms. The van der Waals surface area contributed by atoms with Crippen LogP contribution in [0.5, 0.6) is 0 Å².